The molecule has 2 heterocycles. The molecule has 0 bridgehead atoms. The Kier molecular flexibility index (Phi) is 2.81. The van der Waals surface area contributed by atoms with Crippen LogP contribution in [-0.4, -0.2) is 28.2 Å². The maximum atomic E-state index is 5.70. The first-order chi connectivity index (χ1) is 6.24. The van der Waals surface area contributed by atoms with Crippen molar-refractivity contribution in [2.75, 3.05) is 13.1 Å². The van der Waals surface area contributed by atoms with Crippen LogP contribution in [0.4, 0.5) is 0 Å². The van der Waals surface area contributed by atoms with Gasteiger partial charge in [-0.3, -0.25) is 4.90 Å². The molecular formula is C8H12ClN3S. The maximum absolute atomic E-state index is 5.70. The van der Waals surface area contributed by atoms with Gasteiger partial charge in [-0.2, -0.15) is 0 Å². The molecule has 72 valence electrons. The van der Waals surface area contributed by atoms with Gasteiger partial charge in [-0.25, -0.2) is 0 Å². The fraction of sp³-hybridized carbons (Fsp3) is 0.750. The molecule has 3 nitrogen and oxygen atoms in total. The summed E-state index contributed by atoms with van der Waals surface area (Å²) in [5.74, 6) is 0.823. The minimum absolute atomic E-state index is 0.544. The second kappa shape index (κ2) is 3.90. The SMILES string of the molecule is CC1CCN(Cc2nnc(Cl)s2)C1. The smallest absolute Gasteiger partial charge is 0.207 e. The van der Waals surface area contributed by atoms with Gasteiger partial charge in [0.25, 0.3) is 0 Å². The van der Waals surface area contributed by atoms with E-state index in [1.165, 1.54) is 30.8 Å². The molecule has 0 aromatic carbocycles. The van der Waals surface area contributed by atoms with Crippen LogP contribution < -0.4 is 0 Å². The summed E-state index contributed by atoms with van der Waals surface area (Å²) < 4.78 is 0.544. The van der Waals surface area contributed by atoms with E-state index < -0.39 is 0 Å². The number of rotatable bonds is 2. The van der Waals surface area contributed by atoms with Crippen LogP contribution in [0.2, 0.25) is 4.47 Å². The molecule has 5 heteroatoms. The van der Waals surface area contributed by atoms with E-state index in [4.69, 9.17) is 11.6 Å². The van der Waals surface area contributed by atoms with Crippen molar-refractivity contribution in [3.63, 3.8) is 0 Å². The third-order valence-corrected chi connectivity index (χ3v) is 3.31. The summed E-state index contributed by atoms with van der Waals surface area (Å²) in [5, 5.41) is 8.81. The van der Waals surface area contributed by atoms with Gasteiger partial charge in [-0.15, -0.1) is 10.2 Å². The Morgan fingerprint density at radius 2 is 2.46 bits per heavy atom. The van der Waals surface area contributed by atoms with Gasteiger partial charge in [0, 0.05) is 6.54 Å². The van der Waals surface area contributed by atoms with Gasteiger partial charge in [0.1, 0.15) is 5.01 Å². The molecule has 1 aromatic rings. The zero-order chi connectivity index (χ0) is 9.26. The second-order valence-corrected chi connectivity index (χ2v) is 5.22. The number of likely N-dealkylation sites (tertiary alicyclic amines) is 1. The molecule has 1 aromatic heterocycles. The summed E-state index contributed by atoms with van der Waals surface area (Å²) in [6.07, 6.45) is 1.30. The van der Waals surface area contributed by atoms with Crippen molar-refractivity contribution in [3.05, 3.63) is 9.47 Å². The average molecular weight is 218 g/mol. The minimum atomic E-state index is 0.544. The molecule has 0 amide bonds. The van der Waals surface area contributed by atoms with E-state index in [2.05, 4.69) is 22.0 Å². The van der Waals surface area contributed by atoms with Gasteiger partial charge in [0.15, 0.2) is 0 Å². The molecule has 1 aliphatic rings. The van der Waals surface area contributed by atoms with E-state index in [0.717, 1.165) is 17.5 Å². The zero-order valence-electron chi connectivity index (χ0n) is 7.53. The first-order valence-electron chi connectivity index (χ1n) is 4.44. The van der Waals surface area contributed by atoms with Crippen molar-refractivity contribution in [2.24, 2.45) is 5.92 Å². The highest BCUT2D eigenvalue weighted by atomic mass is 35.5. The van der Waals surface area contributed by atoms with Crippen molar-refractivity contribution in [1.82, 2.24) is 15.1 Å². The van der Waals surface area contributed by atoms with E-state index in [1.807, 2.05) is 0 Å². The van der Waals surface area contributed by atoms with Crippen molar-refractivity contribution in [3.8, 4) is 0 Å². The highest BCUT2D eigenvalue weighted by molar-refractivity contribution is 7.15. The molecule has 1 aliphatic heterocycles. The van der Waals surface area contributed by atoms with Crippen LogP contribution in [0.3, 0.4) is 0 Å². The number of nitrogens with zero attached hydrogens (tertiary/aromatic N) is 3. The van der Waals surface area contributed by atoms with Crippen LogP contribution >= 0.6 is 22.9 Å². The molecule has 0 saturated carbocycles. The van der Waals surface area contributed by atoms with E-state index in [-0.39, 0.29) is 0 Å². The minimum Gasteiger partial charge on any atom is -0.296 e. The lowest BCUT2D eigenvalue weighted by Gasteiger charge is -2.11. The van der Waals surface area contributed by atoms with E-state index in [0.29, 0.717) is 4.47 Å². The molecule has 0 spiro atoms. The van der Waals surface area contributed by atoms with Crippen molar-refractivity contribution in [2.45, 2.75) is 19.9 Å². The first kappa shape index (κ1) is 9.37. The lowest BCUT2D eigenvalue weighted by atomic mass is 10.2. The molecular weight excluding hydrogens is 206 g/mol. The molecule has 1 fully saturated rings. The summed E-state index contributed by atoms with van der Waals surface area (Å²) in [6.45, 7) is 5.55. The highest BCUT2D eigenvalue weighted by Gasteiger charge is 2.19. The number of hydrogen-bond acceptors (Lipinski definition) is 4. The Morgan fingerprint density at radius 3 is 3.00 bits per heavy atom. The number of hydrogen-bond donors (Lipinski definition) is 0. The lowest BCUT2D eigenvalue weighted by molar-refractivity contribution is 0.319. The molecule has 1 unspecified atom stereocenters. The monoisotopic (exact) mass is 217 g/mol. The second-order valence-electron chi connectivity index (χ2n) is 3.58. The highest BCUT2D eigenvalue weighted by Crippen LogP contribution is 2.21. The Balaban J connectivity index is 1.91. The predicted molar refractivity (Wildman–Crippen MR) is 54.0 cm³/mol. The molecule has 1 saturated heterocycles. The van der Waals surface area contributed by atoms with E-state index >= 15 is 0 Å². The number of halogens is 1. The average Bonchev–Trinajstić information content (AvgIpc) is 2.62. The third-order valence-electron chi connectivity index (χ3n) is 2.31. The van der Waals surface area contributed by atoms with Gasteiger partial charge in [-0.1, -0.05) is 18.3 Å². The third kappa shape index (κ3) is 2.39. The van der Waals surface area contributed by atoms with E-state index in [1.54, 1.807) is 0 Å². The topological polar surface area (TPSA) is 29.0 Å². The summed E-state index contributed by atoms with van der Waals surface area (Å²) in [4.78, 5) is 2.40. The normalized spacial score (nSPS) is 24.0. The zero-order valence-corrected chi connectivity index (χ0v) is 9.11. The summed E-state index contributed by atoms with van der Waals surface area (Å²) in [6, 6.07) is 0. The first-order valence-corrected chi connectivity index (χ1v) is 5.63. The maximum Gasteiger partial charge on any atom is 0.207 e. The molecule has 0 N–H and O–H groups in total. The summed E-state index contributed by atoms with van der Waals surface area (Å²) in [5.41, 5.74) is 0. The lowest BCUT2D eigenvalue weighted by Crippen LogP contribution is -2.19. The van der Waals surface area contributed by atoms with Crippen LogP contribution in [0.1, 0.15) is 18.4 Å². The van der Waals surface area contributed by atoms with Gasteiger partial charge in [0.05, 0.1) is 6.54 Å². The van der Waals surface area contributed by atoms with E-state index in [9.17, 15) is 0 Å². The van der Waals surface area contributed by atoms with Crippen molar-refractivity contribution >= 4 is 22.9 Å². The summed E-state index contributed by atoms with van der Waals surface area (Å²) >= 11 is 7.18. The molecule has 0 aliphatic carbocycles. The fourth-order valence-electron chi connectivity index (χ4n) is 1.66. The predicted octanol–water partition coefficient (Wildman–Crippen LogP) is 2.03. The standard InChI is InChI=1S/C8H12ClN3S/c1-6-2-3-12(4-6)5-7-10-11-8(9)13-7/h6H,2-5H2,1H3. The van der Waals surface area contributed by atoms with Crippen LogP contribution in [0, 0.1) is 5.92 Å². The Morgan fingerprint density at radius 1 is 1.62 bits per heavy atom. The van der Waals surface area contributed by atoms with Gasteiger partial charge in [0.2, 0.25) is 4.47 Å². The van der Waals surface area contributed by atoms with Crippen LogP contribution in [-0.2, 0) is 6.54 Å². The van der Waals surface area contributed by atoms with Crippen LogP contribution in [0.5, 0.6) is 0 Å². The van der Waals surface area contributed by atoms with Crippen LogP contribution in [0.25, 0.3) is 0 Å². The Labute approximate surface area is 86.7 Å². The summed E-state index contributed by atoms with van der Waals surface area (Å²) in [7, 11) is 0. The van der Waals surface area contributed by atoms with Gasteiger partial charge < -0.3 is 0 Å². The fourth-order valence-corrected chi connectivity index (χ4v) is 2.57. The van der Waals surface area contributed by atoms with Crippen LogP contribution in [0.15, 0.2) is 0 Å². The van der Waals surface area contributed by atoms with Gasteiger partial charge in [-0.05, 0) is 30.5 Å². The quantitative estimate of drug-likeness (QED) is 0.759. The van der Waals surface area contributed by atoms with Gasteiger partial charge >= 0.3 is 0 Å². The molecule has 13 heavy (non-hydrogen) atoms. The largest absolute Gasteiger partial charge is 0.296 e. The Hall–Kier alpha value is -0.190. The number of aromatic nitrogens is 2. The molecule has 2 rings (SSSR count). The molecule has 0 radical (unpaired) electrons. The van der Waals surface area contributed by atoms with Crippen molar-refractivity contribution < 1.29 is 0 Å². The van der Waals surface area contributed by atoms with Crippen molar-refractivity contribution in [1.29, 1.82) is 0 Å². The Bertz CT molecular complexity index is 289. The molecule has 1 atom stereocenters.